The number of hydrogen-bond acceptors (Lipinski definition) is 7. The van der Waals surface area contributed by atoms with Gasteiger partial charge in [0.25, 0.3) is 0 Å². The molecular formula is C19H18O9. The van der Waals surface area contributed by atoms with Crippen molar-refractivity contribution in [1.29, 1.82) is 0 Å². The number of aryl methyl sites for hydroxylation is 1. The minimum Gasteiger partial charge on any atom is -0.502 e. The van der Waals surface area contributed by atoms with E-state index in [2.05, 4.69) is 0 Å². The molecule has 28 heavy (non-hydrogen) atoms. The molecular weight excluding hydrogens is 372 g/mol. The molecule has 0 bridgehead atoms. The number of aliphatic carboxylic acids is 2. The standard InChI is InChI=1S/C19H18O9/c1-26-9-3-4-10-11-5-8(6-13(17(21)22)18(23)24)15(27-2)14(20)16(11)28-19(25)12(10)7-9/h5-6,9,20H,3-4,7H2,1-2H3,(H,21,22)(H,23,24). The molecule has 1 unspecified atom stereocenters. The highest BCUT2D eigenvalue weighted by atomic mass is 16.5. The maximum Gasteiger partial charge on any atom is 0.343 e. The molecule has 0 spiro atoms. The summed E-state index contributed by atoms with van der Waals surface area (Å²) in [6.07, 6.45) is 2.23. The van der Waals surface area contributed by atoms with E-state index in [9.17, 15) is 19.5 Å². The van der Waals surface area contributed by atoms with E-state index in [-0.39, 0.29) is 23.0 Å². The van der Waals surface area contributed by atoms with E-state index in [1.165, 1.54) is 13.2 Å². The van der Waals surface area contributed by atoms with Gasteiger partial charge in [0.1, 0.15) is 5.57 Å². The number of ether oxygens (including phenoxy) is 2. The molecule has 9 heteroatoms. The minimum atomic E-state index is -1.64. The first-order chi connectivity index (χ1) is 13.3. The lowest BCUT2D eigenvalue weighted by molar-refractivity contribution is -0.140. The van der Waals surface area contributed by atoms with E-state index in [4.69, 9.17) is 24.1 Å². The number of carboxylic acid groups (broad SMARTS) is 2. The number of methoxy groups -OCH3 is 2. The normalized spacial score (nSPS) is 15.7. The predicted octanol–water partition coefficient (Wildman–Crippen LogP) is 1.56. The fraction of sp³-hybridized carbons (Fsp3) is 0.316. The van der Waals surface area contributed by atoms with Gasteiger partial charge in [-0.15, -0.1) is 0 Å². The quantitative estimate of drug-likeness (QED) is 0.300. The fourth-order valence-corrected chi connectivity index (χ4v) is 3.44. The smallest absolute Gasteiger partial charge is 0.343 e. The van der Waals surface area contributed by atoms with E-state index in [1.807, 2.05) is 0 Å². The van der Waals surface area contributed by atoms with Gasteiger partial charge in [-0.2, -0.15) is 0 Å². The number of benzene rings is 1. The molecule has 0 aliphatic heterocycles. The van der Waals surface area contributed by atoms with E-state index in [0.29, 0.717) is 35.8 Å². The summed E-state index contributed by atoms with van der Waals surface area (Å²) >= 11 is 0. The Morgan fingerprint density at radius 3 is 2.46 bits per heavy atom. The summed E-state index contributed by atoms with van der Waals surface area (Å²) in [6.45, 7) is 0. The van der Waals surface area contributed by atoms with Crippen LogP contribution in [0.1, 0.15) is 23.1 Å². The molecule has 0 amide bonds. The Balaban J connectivity index is 2.34. The Morgan fingerprint density at radius 2 is 1.89 bits per heavy atom. The summed E-state index contributed by atoms with van der Waals surface area (Å²) in [4.78, 5) is 34.8. The molecule has 2 aromatic rings. The molecule has 0 radical (unpaired) electrons. The first-order valence-electron chi connectivity index (χ1n) is 8.38. The van der Waals surface area contributed by atoms with Gasteiger partial charge in [-0.25, -0.2) is 14.4 Å². The van der Waals surface area contributed by atoms with Crippen molar-refractivity contribution in [3.05, 3.63) is 38.7 Å². The molecule has 1 aromatic heterocycles. The summed E-state index contributed by atoms with van der Waals surface area (Å²) in [5.41, 5.74) is -0.483. The van der Waals surface area contributed by atoms with Crippen LogP contribution in [0, 0.1) is 0 Å². The zero-order valence-electron chi connectivity index (χ0n) is 15.1. The van der Waals surface area contributed by atoms with E-state index >= 15 is 0 Å². The molecule has 3 N–H and O–H groups in total. The largest absolute Gasteiger partial charge is 0.502 e. The van der Waals surface area contributed by atoms with Gasteiger partial charge in [-0.05, 0) is 30.5 Å². The summed E-state index contributed by atoms with van der Waals surface area (Å²) < 4.78 is 15.7. The van der Waals surface area contributed by atoms with Crippen LogP contribution in [0.25, 0.3) is 17.0 Å². The van der Waals surface area contributed by atoms with Crippen molar-refractivity contribution in [1.82, 2.24) is 0 Å². The van der Waals surface area contributed by atoms with E-state index in [1.54, 1.807) is 7.11 Å². The fourth-order valence-electron chi connectivity index (χ4n) is 3.44. The number of aromatic hydroxyl groups is 1. The van der Waals surface area contributed by atoms with Crippen LogP contribution in [-0.4, -0.2) is 47.6 Å². The van der Waals surface area contributed by atoms with Crippen LogP contribution in [0.2, 0.25) is 0 Å². The Bertz CT molecular complexity index is 1050. The van der Waals surface area contributed by atoms with Crippen molar-refractivity contribution in [3.8, 4) is 11.5 Å². The van der Waals surface area contributed by atoms with Gasteiger partial charge in [0, 0.05) is 30.0 Å². The highest BCUT2D eigenvalue weighted by molar-refractivity contribution is 6.16. The zero-order chi connectivity index (χ0) is 20.6. The first-order valence-corrected chi connectivity index (χ1v) is 8.38. The molecule has 0 saturated heterocycles. The Kier molecular flexibility index (Phi) is 5.10. The molecule has 1 aromatic carbocycles. The number of hydrogen-bond donors (Lipinski definition) is 3. The Labute approximate surface area is 158 Å². The highest BCUT2D eigenvalue weighted by Crippen LogP contribution is 2.41. The average molecular weight is 390 g/mol. The number of carboxylic acids is 2. The number of carbonyl (C=O) groups is 2. The van der Waals surface area contributed by atoms with Gasteiger partial charge in [0.2, 0.25) is 5.75 Å². The van der Waals surface area contributed by atoms with Crippen LogP contribution in [0.3, 0.4) is 0 Å². The molecule has 9 nitrogen and oxygen atoms in total. The van der Waals surface area contributed by atoms with Crippen molar-refractivity contribution >= 4 is 29.0 Å². The van der Waals surface area contributed by atoms with E-state index < -0.39 is 28.9 Å². The Morgan fingerprint density at radius 1 is 1.21 bits per heavy atom. The van der Waals surface area contributed by atoms with Crippen molar-refractivity contribution < 1.29 is 38.8 Å². The van der Waals surface area contributed by atoms with Crippen molar-refractivity contribution in [3.63, 3.8) is 0 Å². The SMILES string of the molecule is COc1c(C=C(C(=O)O)C(=O)O)cc2c3c(c(=O)oc2c1O)CC(OC)CC3. The number of rotatable bonds is 5. The maximum atomic E-state index is 12.4. The second-order valence-electron chi connectivity index (χ2n) is 6.34. The number of fused-ring (bicyclic) bond motifs is 3. The van der Waals surface area contributed by atoms with Gasteiger partial charge in [-0.3, -0.25) is 0 Å². The van der Waals surface area contributed by atoms with Gasteiger partial charge in [0.15, 0.2) is 11.3 Å². The second-order valence-corrected chi connectivity index (χ2v) is 6.34. The molecule has 1 aliphatic rings. The average Bonchev–Trinajstić information content (AvgIpc) is 2.66. The van der Waals surface area contributed by atoms with E-state index in [0.717, 1.165) is 6.08 Å². The third-order valence-electron chi connectivity index (χ3n) is 4.81. The van der Waals surface area contributed by atoms with Crippen molar-refractivity contribution in [2.75, 3.05) is 14.2 Å². The number of phenolic OH excluding ortho intramolecular Hbond substituents is 1. The van der Waals surface area contributed by atoms with Gasteiger partial charge in [0.05, 0.1) is 13.2 Å². The lowest BCUT2D eigenvalue weighted by atomic mass is 9.88. The monoisotopic (exact) mass is 390 g/mol. The molecule has 1 heterocycles. The topological polar surface area (TPSA) is 144 Å². The molecule has 0 fully saturated rings. The maximum absolute atomic E-state index is 12.4. The lowest BCUT2D eigenvalue weighted by Crippen LogP contribution is -2.26. The molecule has 1 atom stereocenters. The predicted molar refractivity (Wildman–Crippen MR) is 96.8 cm³/mol. The van der Waals surface area contributed by atoms with Crippen LogP contribution >= 0.6 is 0 Å². The van der Waals surface area contributed by atoms with Crippen molar-refractivity contribution in [2.24, 2.45) is 0 Å². The van der Waals surface area contributed by atoms with Crippen LogP contribution < -0.4 is 10.4 Å². The lowest BCUT2D eigenvalue weighted by Gasteiger charge is -2.24. The molecule has 1 aliphatic carbocycles. The first kappa shape index (κ1) is 19.4. The third-order valence-corrected chi connectivity index (χ3v) is 4.81. The van der Waals surface area contributed by atoms with Crippen molar-refractivity contribution in [2.45, 2.75) is 25.4 Å². The van der Waals surface area contributed by atoms with Gasteiger partial charge < -0.3 is 29.2 Å². The third kappa shape index (κ3) is 3.20. The highest BCUT2D eigenvalue weighted by Gasteiger charge is 2.27. The zero-order valence-corrected chi connectivity index (χ0v) is 15.1. The van der Waals surface area contributed by atoms with Gasteiger partial charge in [-0.1, -0.05) is 0 Å². The van der Waals surface area contributed by atoms with Gasteiger partial charge >= 0.3 is 17.6 Å². The molecule has 0 saturated carbocycles. The minimum absolute atomic E-state index is 0.0391. The molecule has 3 rings (SSSR count). The molecule has 148 valence electrons. The number of phenols is 1. The van der Waals surface area contributed by atoms with Crippen LogP contribution in [0.5, 0.6) is 11.5 Å². The Hall–Kier alpha value is -3.33. The van der Waals surface area contributed by atoms with Crippen LogP contribution in [0.15, 0.2) is 20.9 Å². The summed E-state index contributed by atoms with van der Waals surface area (Å²) in [6, 6.07) is 1.45. The van der Waals surface area contributed by atoms with Crippen LogP contribution in [-0.2, 0) is 27.2 Å². The summed E-state index contributed by atoms with van der Waals surface area (Å²) in [7, 11) is 2.77. The summed E-state index contributed by atoms with van der Waals surface area (Å²) in [5.74, 6) is -3.98. The second kappa shape index (κ2) is 7.35. The summed E-state index contributed by atoms with van der Waals surface area (Å²) in [5, 5.41) is 29.2. The van der Waals surface area contributed by atoms with Crippen LogP contribution in [0.4, 0.5) is 0 Å².